The molecule has 3 amide bonds. The Balaban J connectivity index is 0.00000116. The number of amides is 3. The molecule has 7 heteroatoms. The van der Waals surface area contributed by atoms with Crippen molar-refractivity contribution in [2.75, 3.05) is 31.5 Å². The average Bonchev–Trinajstić information content (AvgIpc) is 3.04. The number of urea groups is 1. The van der Waals surface area contributed by atoms with Gasteiger partial charge in [0.1, 0.15) is 0 Å². The fourth-order valence-electron chi connectivity index (χ4n) is 4.44. The van der Waals surface area contributed by atoms with Crippen LogP contribution in [-0.4, -0.2) is 54.0 Å². The predicted octanol–water partition coefficient (Wildman–Crippen LogP) is 7.05. The predicted molar refractivity (Wildman–Crippen MR) is 177 cm³/mol. The zero-order valence-electron chi connectivity index (χ0n) is 26.2. The van der Waals surface area contributed by atoms with Crippen molar-refractivity contribution in [3.05, 3.63) is 109 Å². The number of piperidine rings is 1. The van der Waals surface area contributed by atoms with Crippen molar-refractivity contribution in [1.29, 1.82) is 0 Å². The van der Waals surface area contributed by atoms with Crippen molar-refractivity contribution < 1.29 is 9.59 Å². The molecule has 1 aliphatic heterocycles. The molecule has 1 unspecified atom stereocenters. The molecule has 1 aliphatic rings. The summed E-state index contributed by atoms with van der Waals surface area (Å²) in [5.74, 6) is 0.216. The van der Waals surface area contributed by atoms with E-state index in [4.69, 9.17) is 0 Å². The summed E-state index contributed by atoms with van der Waals surface area (Å²) in [7, 11) is 0. The van der Waals surface area contributed by atoms with Gasteiger partial charge in [-0.3, -0.25) is 14.7 Å². The van der Waals surface area contributed by atoms with Crippen molar-refractivity contribution in [2.24, 2.45) is 0 Å². The number of hydrogen-bond donors (Lipinski definition) is 3. The van der Waals surface area contributed by atoms with Crippen LogP contribution < -0.4 is 16.0 Å². The third-order valence-corrected chi connectivity index (χ3v) is 6.34. The van der Waals surface area contributed by atoms with Crippen LogP contribution in [0.4, 0.5) is 10.5 Å². The van der Waals surface area contributed by atoms with Crippen molar-refractivity contribution in [3.63, 3.8) is 0 Å². The Labute approximate surface area is 253 Å². The monoisotopic (exact) mass is 573 g/mol. The maximum atomic E-state index is 12.7. The molecule has 7 nitrogen and oxygen atoms in total. The first kappa shape index (κ1) is 36.1. The van der Waals surface area contributed by atoms with Gasteiger partial charge in [0.15, 0.2) is 0 Å². The normalized spacial score (nSPS) is 13.3. The zero-order chi connectivity index (χ0) is 31.0. The Kier molecular flexibility index (Phi) is 19.5. The molecular formula is C35H51N5O2. The van der Waals surface area contributed by atoms with E-state index >= 15 is 0 Å². The van der Waals surface area contributed by atoms with E-state index in [1.807, 2.05) is 95.4 Å². The lowest BCUT2D eigenvalue weighted by molar-refractivity contribution is -0.122. The summed E-state index contributed by atoms with van der Waals surface area (Å²) in [5.41, 5.74) is 3.13. The van der Waals surface area contributed by atoms with Gasteiger partial charge in [0.2, 0.25) is 5.91 Å². The standard InChI is InChI=1S/C28H33N5O2.C3H6.2C2H6/c34-27(30-20-24(23-9-3-1-4-10-23)18-22-8-7-15-29-19-22)21-33-16-13-26(14-17-33)32-28(35)31-25-11-5-2-6-12-25;1-3-2;2*1-2/h1-12,15,19,24,26H,13-14,16-18,20-21H2,(H,30,34)(H2,31,32,35);3H,1H2,2H3;2*1-2H3. The van der Waals surface area contributed by atoms with Crippen LogP contribution in [0, 0.1) is 0 Å². The van der Waals surface area contributed by atoms with Crippen LogP contribution in [0.15, 0.2) is 97.8 Å². The highest BCUT2D eigenvalue weighted by Gasteiger charge is 2.22. The molecule has 2 aromatic carbocycles. The summed E-state index contributed by atoms with van der Waals surface area (Å²) in [5, 5.41) is 9.04. The van der Waals surface area contributed by atoms with Crippen LogP contribution in [0.1, 0.15) is 64.5 Å². The number of allylic oxidation sites excluding steroid dienone is 1. The Bertz CT molecular complexity index is 1100. The van der Waals surface area contributed by atoms with Crippen LogP contribution in [0.2, 0.25) is 0 Å². The maximum absolute atomic E-state index is 12.7. The van der Waals surface area contributed by atoms with E-state index in [0.29, 0.717) is 13.1 Å². The van der Waals surface area contributed by atoms with Crippen molar-refractivity contribution in [3.8, 4) is 0 Å². The highest BCUT2D eigenvalue weighted by Crippen LogP contribution is 2.20. The van der Waals surface area contributed by atoms with E-state index in [-0.39, 0.29) is 23.9 Å². The second kappa shape index (κ2) is 22.7. The van der Waals surface area contributed by atoms with Crippen molar-refractivity contribution in [1.82, 2.24) is 20.5 Å². The summed E-state index contributed by atoms with van der Waals surface area (Å²) in [6.07, 6.45) is 7.87. The summed E-state index contributed by atoms with van der Waals surface area (Å²) in [4.78, 5) is 31.3. The first-order chi connectivity index (χ1) is 20.6. The quantitative estimate of drug-likeness (QED) is 0.239. The molecular weight excluding hydrogens is 522 g/mol. The van der Waals surface area contributed by atoms with E-state index in [2.05, 4.69) is 50.6 Å². The number of anilines is 1. The topological polar surface area (TPSA) is 86.4 Å². The third kappa shape index (κ3) is 14.6. The molecule has 1 atom stereocenters. The number of carbonyl (C=O) groups is 2. The summed E-state index contributed by atoms with van der Waals surface area (Å²) >= 11 is 0. The van der Waals surface area contributed by atoms with Crippen LogP contribution in [0.5, 0.6) is 0 Å². The number of pyridine rings is 1. The first-order valence-corrected chi connectivity index (χ1v) is 15.2. The maximum Gasteiger partial charge on any atom is 0.319 e. The second-order valence-corrected chi connectivity index (χ2v) is 9.40. The minimum Gasteiger partial charge on any atom is -0.354 e. The minimum absolute atomic E-state index is 0.0327. The van der Waals surface area contributed by atoms with Crippen LogP contribution in [0.3, 0.4) is 0 Å². The van der Waals surface area contributed by atoms with Gasteiger partial charge >= 0.3 is 6.03 Å². The Hall–Kier alpha value is -3.97. The van der Waals surface area contributed by atoms with Gasteiger partial charge in [0, 0.05) is 49.7 Å². The average molecular weight is 574 g/mol. The number of nitrogens with one attached hydrogen (secondary N) is 3. The number of hydrogen-bond acceptors (Lipinski definition) is 4. The lowest BCUT2D eigenvalue weighted by atomic mass is 9.92. The van der Waals surface area contributed by atoms with Crippen LogP contribution in [0.25, 0.3) is 0 Å². The van der Waals surface area contributed by atoms with Gasteiger partial charge in [-0.1, -0.05) is 88.4 Å². The van der Waals surface area contributed by atoms with Gasteiger partial charge in [-0.05, 0) is 55.5 Å². The van der Waals surface area contributed by atoms with E-state index < -0.39 is 0 Å². The van der Waals surface area contributed by atoms with E-state index in [0.717, 1.165) is 43.6 Å². The number of nitrogens with zero attached hydrogens (tertiary/aromatic N) is 2. The molecule has 0 radical (unpaired) electrons. The molecule has 0 spiro atoms. The molecule has 3 N–H and O–H groups in total. The number of aromatic nitrogens is 1. The largest absolute Gasteiger partial charge is 0.354 e. The molecule has 228 valence electrons. The highest BCUT2D eigenvalue weighted by atomic mass is 16.2. The molecule has 0 saturated carbocycles. The minimum atomic E-state index is -0.187. The van der Waals surface area contributed by atoms with Gasteiger partial charge in [-0.25, -0.2) is 4.79 Å². The van der Waals surface area contributed by atoms with Gasteiger partial charge in [0.25, 0.3) is 0 Å². The number of rotatable bonds is 9. The van der Waals surface area contributed by atoms with Crippen molar-refractivity contribution in [2.45, 2.75) is 65.8 Å². The molecule has 3 aromatic rings. The number of para-hydroxylation sites is 1. The lowest BCUT2D eigenvalue weighted by Crippen LogP contribution is -2.48. The number of carbonyl (C=O) groups excluding carboxylic acids is 2. The van der Waals surface area contributed by atoms with E-state index in [1.165, 1.54) is 5.56 Å². The smallest absolute Gasteiger partial charge is 0.319 e. The molecule has 1 aromatic heterocycles. The summed E-state index contributed by atoms with van der Waals surface area (Å²) in [6.45, 7) is 15.8. The van der Waals surface area contributed by atoms with E-state index in [9.17, 15) is 9.59 Å². The lowest BCUT2D eigenvalue weighted by Gasteiger charge is -2.32. The zero-order valence-corrected chi connectivity index (χ0v) is 26.2. The molecule has 0 bridgehead atoms. The van der Waals surface area contributed by atoms with Gasteiger partial charge in [-0.2, -0.15) is 0 Å². The Morgan fingerprint density at radius 2 is 1.55 bits per heavy atom. The molecule has 4 rings (SSSR count). The highest BCUT2D eigenvalue weighted by molar-refractivity contribution is 5.89. The number of benzene rings is 2. The number of likely N-dealkylation sites (tertiary alicyclic amines) is 1. The molecule has 42 heavy (non-hydrogen) atoms. The summed E-state index contributed by atoms with van der Waals surface area (Å²) < 4.78 is 0. The fraction of sp³-hybridized carbons (Fsp3) is 0.400. The van der Waals surface area contributed by atoms with Gasteiger partial charge in [0.05, 0.1) is 6.54 Å². The van der Waals surface area contributed by atoms with Gasteiger partial charge in [-0.15, -0.1) is 6.58 Å². The molecule has 2 heterocycles. The molecule has 1 saturated heterocycles. The third-order valence-electron chi connectivity index (χ3n) is 6.34. The van der Waals surface area contributed by atoms with E-state index in [1.54, 1.807) is 12.3 Å². The molecule has 0 aliphatic carbocycles. The van der Waals surface area contributed by atoms with Gasteiger partial charge < -0.3 is 16.0 Å². The van der Waals surface area contributed by atoms with Crippen LogP contribution >= 0.6 is 0 Å². The SMILES string of the molecule is C=CC.CC.CC.O=C(CN1CCC(NC(=O)Nc2ccccc2)CC1)NCC(Cc1cccnc1)c1ccccc1. The molecule has 1 fully saturated rings. The van der Waals surface area contributed by atoms with Crippen LogP contribution in [-0.2, 0) is 11.2 Å². The second-order valence-electron chi connectivity index (χ2n) is 9.40. The fourth-order valence-corrected chi connectivity index (χ4v) is 4.44. The summed E-state index contributed by atoms with van der Waals surface area (Å²) in [6, 6.07) is 23.6. The van der Waals surface area contributed by atoms with Crippen molar-refractivity contribution >= 4 is 17.6 Å². The Morgan fingerprint density at radius 3 is 2.12 bits per heavy atom. The first-order valence-electron chi connectivity index (χ1n) is 15.2. The Morgan fingerprint density at radius 1 is 0.952 bits per heavy atom.